The van der Waals surface area contributed by atoms with Crippen LogP contribution in [0.15, 0.2) is 34.4 Å². The molecule has 2 aromatic rings. The van der Waals surface area contributed by atoms with Crippen LogP contribution in [0, 0.1) is 0 Å². The van der Waals surface area contributed by atoms with Crippen LogP contribution >= 0.6 is 0 Å². The molecular formula is C19H24N4O5S. The van der Waals surface area contributed by atoms with E-state index in [9.17, 15) is 18.3 Å². The third-order valence-electron chi connectivity index (χ3n) is 4.57. The quantitative estimate of drug-likeness (QED) is 0.681. The second kappa shape index (κ2) is 7.18. The molecule has 1 saturated carbocycles. The molecule has 0 aliphatic heterocycles. The normalized spacial score (nSPS) is 16.3. The highest BCUT2D eigenvalue weighted by atomic mass is 32.2. The number of sulfone groups is 1. The monoisotopic (exact) mass is 420 g/mol. The van der Waals surface area contributed by atoms with Gasteiger partial charge in [0.25, 0.3) is 0 Å². The number of aromatic nitrogens is 2. The van der Waals surface area contributed by atoms with Gasteiger partial charge >= 0.3 is 5.97 Å². The number of rotatable bonds is 6. The molecule has 10 heteroatoms. The standard InChI is InChI=1S/C19H24N4O5S/c1-19(2,3)29(26,27)16-10-23-14(9-21-17(23)8-15(16)28-4)12(20)7-13(18(24)25)22-11-5-6-11/h7-11H,5-6,20H2,1-4H3,(H,24,25)/b12-7-,22-13?. The van der Waals surface area contributed by atoms with Crippen LogP contribution in [-0.4, -0.2) is 52.5 Å². The van der Waals surface area contributed by atoms with Crippen LogP contribution in [0.5, 0.6) is 5.75 Å². The minimum atomic E-state index is -3.73. The summed E-state index contributed by atoms with van der Waals surface area (Å²) < 4.78 is 31.8. The number of methoxy groups -OCH3 is 1. The minimum Gasteiger partial charge on any atom is -0.495 e. The molecule has 2 aromatic heterocycles. The van der Waals surface area contributed by atoms with E-state index in [-0.39, 0.29) is 28.1 Å². The molecule has 9 nitrogen and oxygen atoms in total. The number of ether oxygens (including phenoxy) is 1. The number of nitrogens with zero attached hydrogens (tertiary/aromatic N) is 3. The molecule has 1 aliphatic rings. The van der Waals surface area contributed by atoms with Crippen LogP contribution < -0.4 is 10.5 Å². The summed E-state index contributed by atoms with van der Waals surface area (Å²) in [7, 11) is -2.34. The lowest BCUT2D eigenvalue weighted by atomic mass is 10.2. The summed E-state index contributed by atoms with van der Waals surface area (Å²) in [5.74, 6) is -1.00. The van der Waals surface area contributed by atoms with Crippen LogP contribution in [0.1, 0.15) is 39.3 Å². The van der Waals surface area contributed by atoms with E-state index >= 15 is 0 Å². The molecule has 0 spiro atoms. The van der Waals surface area contributed by atoms with E-state index in [2.05, 4.69) is 9.98 Å². The Labute approximate surface area is 168 Å². The van der Waals surface area contributed by atoms with Crippen LogP contribution in [0.4, 0.5) is 0 Å². The van der Waals surface area contributed by atoms with E-state index < -0.39 is 20.6 Å². The molecule has 0 aromatic carbocycles. The first-order chi connectivity index (χ1) is 13.5. The Balaban J connectivity index is 2.17. The number of fused-ring (bicyclic) bond motifs is 1. The first kappa shape index (κ1) is 20.8. The average Bonchev–Trinajstić information content (AvgIpc) is 3.35. The van der Waals surface area contributed by atoms with Crippen molar-refractivity contribution in [3.8, 4) is 5.75 Å². The van der Waals surface area contributed by atoms with Crippen molar-refractivity contribution in [2.24, 2.45) is 10.7 Å². The number of nitrogens with two attached hydrogens (primary N) is 1. The van der Waals surface area contributed by atoms with Gasteiger partial charge in [0.05, 0.1) is 35.5 Å². The first-order valence-electron chi connectivity index (χ1n) is 9.04. The molecule has 2 heterocycles. The van der Waals surface area contributed by atoms with Crippen molar-refractivity contribution < 1.29 is 23.1 Å². The number of hydrogen-bond donors (Lipinski definition) is 2. The number of carbonyl (C=O) groups is 1. The second-order valence-corrected chi connectivity index (χ2v) is 10.5. The molecule has 0 amide bonds. The maximum absolute atomic E-state index is 13.0. The maximum atomic E-state index is 13.0. The Hall–Kier alpha value is -2.88. The fourth-order valence-corrected chi connectivity index (χ4v) is 3.98. The summed E-state index contributed by atoms with van der Waals surface area (Å²) in [6.45, 7) is 4.80. The van der Waals surface area contributed by atoms with Gasteiger partial charge in [0.1, 0.15) is 22.0 Å². The van der Waals surface area contributed by atoms with E-state index in [0.717, 1.165) is 12.8 Å². The molecule has 3 N–H and O–H groups in total. The van der Waals surface area contributed by atoms with Crippen molar-refractivity contribution >= 4 is 32.9 Å². The first-order valence-corrected chi connectivity index (χ1v) is 10.5. The molecular weight excluding hydrogens is 396 g/mol. The van der Waals surface area contributed by atoms with Gasteiger partial charge in [-0.1, -0.05) is 0 Å². The Morgan fingerprint density at radius 3 is 2.59 bits per heavy atom. The van der Waals surface area contributed by atoms with Crippen LogP contribution in [0.25, 0.3) is 11.3 Å². The summed E-state index contributed by atoms with van der Waals surface area (Å²) >= 11 is 0. The number of imidazole rings is 1. The molecule has 0 radical (unpaired) electrons. The van der Waals surface area contributed by atoms with Gasteiger partial charge < -0.3 is 15.6 Å². The fraction of sp³-hybridized carbons (Fsp3) is 0.421. The summed E-state index contributed by atoms with van der Waals surface area (Å²) in [5, 5.41) is 9.37. The van der Waals surface area contributed by atoms with Crippen molar-refractivity contribution in [2.45, 2.75) is 49.3 Å². The summed E-state index contributed by atoms with van der Waals surface area (Å²) in [4.78, 5) is 19.8. The fourth-order valence-electron chi connectivity index (χ4n) is 2.67. The molecule has 0 bridgehead atoms. The highest BCUT2D eigenvalue weighted by molar-refractivity contribution is 7.92. The number of carboxylic acids is 1. The lowest BCUT2D eigenvalue weighted by Gasteiger charge is -2.21. The third kappa shape index (κ3) is 3.98. The Morgan fingerprint density at radius 2 is 2.07 bits per heavy atom. The van der Waals surface area contributed by atoms with Crippen molar-refractivity contribution in [1.29, 1.82) is 0 Å². The van der Waals surface area contributed by atoms with Gasteiger partial charge in [-0.05, 0) is 39.7 Å². The Kier molecular flexibility index (Phi) is 5.16. The number of carboxylic acid groups (broad SMARTS) is 1. The maximum Gasteiger partial charge on any atom is 0.354 e. The van der Waals surface area contributed by atoms with Crippen molar-refractivity contribution in [3.63, 3.8) is 0 Å². The van der Waals surface area contributed by atoms with Crippen LogP contribution in [-0.2, 0) is 14.6 Å². The predicted molar refractivity (Wildman–Crippen MR) is 109 cm³/mol. The number of hydrogen-bond acceptors (Lipinski definition) is 7. The number of aliphatic carboxylic acids is 1. The second-order valence-electron chi connectivity index (χ2n) is 7.84. The Morgan fingerprint density at radius 1 is 1.41 bits per heavy atom. The van der Waals surface area contributed by atoms with E-state index in [1.807, 2.05) is 0 Å². The van der Waals surface area contributed by atoms with Crippen LogP contribution in [0.3, 0.4) is 0 Å². The van der Waals surface area contributed by atoms with Gasteiger partial charge in [0.15, 0.2) is 9.84 Å². The zero-order valence-corrected chi connectivity index (χ0v) is 17.5. The molecule has 3 rings (SSSR count). The topological polar surface area (TPSA) is 136 Å². The molecule has 1 aliphatic carbocycles. The van der Waals surface area contributed by atoms with E-state index in [1.165, 1.54) is 36.0 Å². The molecule has 0 saturated heterocycles. The van der Waals surface area contributed by atoms with Gasteiger partial charge in [0, 0.05) is 12.3 Å². The van der Waals surface area contributed by atoms with Gasteiger partial charge in [-0.25, -0.2) is 18.2 Å². The van der Waals surface area contributed by atoms with E-state index in [0.29, 0.717) is 11.3 Å². The van der Waals surface area contributed by atoms with E-state index in [1.54, 1.807) is 20.8 Å². The van der Waals surface area contributed by atoms with Crippen LogP contribution in [0.2, 0.25) is 0 Å². The summed E-state index contributed by atoms with van der Waals surface area (Å²) in [6.07, 6.45) is 5.83. The zero-order chi connectivity index (χ0) is 21.6. The average molecular weight is 420 g/mol. The largest absolute Gasteiger partial charge is 0.495 e. The van der Waals surface area contributed by atoms with Crippen molar-refractivity contribution in [2.75, 3.05) is 7.11 Å². The summed E-state index contributed by atoms with van der Waals surface area (Å²) in [5.41, 5.74) is 6.88. The van der Waals surface area contributed by atoms with Gasteiger partial charge in [-0.15, -0.1) is 0 Å². The highest BCUT2D eigenvalue weighted by Gasteiger charge is 2.34. The smallest absolute Gasteiger partial charge is 0.354 e. The van der Waals surface area contributed by atoms with Gasteiger partial charge in [0.2, 0.25) is 0 Å². The lowest BCUT2D eigenvalue weighted by Crippen LogP contribution is -2.28. The van der Waals surface area contributed by atoms with Crippen molar-refractivity contribution in [1.82, 2.24) is 9.38 Å². The number of pyridine rings is 1. The van der Waals surface area contributed by atoms with Gasteiger partial charge in [-0.3, -0.25) is 9.39 Å². The molecule has 0 atom stereocenters. The van der Waals surface area contributed by atoms with E-state index in [4.69, 9.17) is 10.5 Å². The van der Waals surface area contributed by atoms with Crippen molar-refractivity contribution in [3.05, 3.63) is 30.2 Å². The molecule has 0 unspecified atom stereocenters. The molecule has 1 fully saturated rings. The molecule has 156 valence electrons. The summed E-state index contributed by atoms with van der Waals surface area (Å²) in [6, 6.07) is 1.52. The minimum absolute atomic E-state index is 0.00263. The third-order valence-corrected chi connectivity index (χ3v) is 7.06. The molecule has 29 heavy (non-hydrogen) atoms. The predicted octanol–water partition coefficient (Wildman–Crippen LogP) is 1.90. The Bertz CT molecular complexity index is 1140. The van der Waals surface area contributed by atoms with Gasteiger partial charge in [-0.2, -0.15) is 0 Å². The lowest BCUT2D eigenvalue weighted by molar-refractivity contribution is -0.129. The SMILES string of the molecule is COc1cc2ncc(/C(N)=C/C(=NC3CC3)C(=O)O)n2cc1S(=O)(=O)C(C)(C)C. The number of aliphatic imine (C=N–C) groups is 1. The zero-order valence-electron chi connectivity index (χ0n) is 16.7. The highest BCUT2D eigenvalue weighted by Crippen LogP contribution is 2.33.